The maximum Gasteiger partial charge on any atom is 0.244 e. The minimum absolute atomic E-state index is 0.109. The van der Waals surface area contributed by atoms with Crippen molar-refractivity contribution in [3.8, 4) is 0 Å². The normalized spacial score (nSPS) is 16.8. The van der Waals surface area contributed by atoms with Crippen LogP contribution in [0.1, 0.15) is 12.1 Å². The second-order valence-electron chi connectivity index (χ2n) is 9.54. The van der Waals surface area contributed by atoms with Crippen molar-refractivity contribution in [2.75, 3.05) is 39.0 Å². The molecule has 4 rings (SSSR count). The van der Waals surface area contributed by atoms with E-state index >= 15 is 0 Å². The van der Waals surface area contributed by atoms with Crippen LogP contribution in [0.15, 0.2) is 51.7 Å². The molecule has 2 aromatic carbocycles. The summed E-state index contributed by atoms with van der Waals surface area (Å²) in [6, 6.07) is 9.00. The summed E-state index contributed by atoms with van der Waals surface area (Å²) in [5.41, 5.74) is 6.20. The average molecular weight is 607 g/mol. The van der Waals surface area contributed by atoms with Crippen LogP contribution in [0.3, 0.4) is 0 Å². The minimum atomic E-state index is -3.77. The molecule has 0 spiro atoms. The van der Waals surface area contributed by atoms with Gasteiger partial charge < -0.3 is 20.5 Å². The van der Waals surface area contributed by atoms with Gasteiger partial charge in [0.25, 0.3) is 0 Å². The summed E-state index contributed by atoms with van der Waals surface area (Å²) < 4.78 is 28.2. The van der Waals surface area contributed by atoms with E-state index in [1.54, 1.807) is 37.4 Å². The second-order valence-corrected chi connectivity index (χ2v) is 12.9. The Hall–Kier alpha value is -3.26. The number of fused-ring (bicyclic) bond motifs is 1. The van der Waals surface area contributed by atoms with Crippen molar-refractivity contribution in [2.24, 2.45) is 17.8 Å². The van der Waals surface area contributed by atoms with Crippen LogP contribution in [0.25, 0.3) is 10.8 Å². The minimum Gasteiger partial charge on any atom is -0.368 e. The zero-order valence-corrected chi connectivity index (χ0v) is 24.6. The fourth-order valence-corrected chi connectivity index (χ4v) is 6.94. The van der Waals surface area contributed by atoms with Gasteiger partial charge in [0, 0.05) is 62.8 Å². The smallest absolute Gasteiger partial charge is 0.244 e. The number of carbonyl (C=O) groups excluding carboxylic acids is 3. The van der Waals surface area contributed by atoms with Gasteiger partial charge >= 0.3 is 0 Å². The van der Waals surface area contributed by atoms with Gasteiger partial charge in [-0.15, -0.1) is 11.3 Å². The third kappa shape index (κ3) is 6.89. The van der Waals surface area contributed by atoms with Gasteiger partial charge in [-0.25, -0.2) is 8.42 Å². The number of nitrogens with zero attached hydrogens (tertiary/aromatic N) is 4. The Kier molecular flexibility index (Phi) is 9.29. The van der Waals surface area contributed by atoms with E-state index < -0.39 is 39.4 Å². The molecule has 1 atom stereocenters. The molecule has 11 nitrogen and oxygen atoms in total. The second kappa shape index (κ2) is 12.5. The van der Waals surface area contributed by atoms with Crippen molar-refractivity contribution < 1.29 is 22.8 Å². The highest BCUT2D eigenvalue weighted by Crippen LogP contribution is 2.24. The van der Waals surface area contributed by atoms with Crippen LogP contribution in [0.2, 0.25) is 5.02 Å². The topological polar surface area (TPSA) is 147 Å². The fourth-order valence-electron chi connectivity index (χ4n) is 4.65. The van der Waals surface area contributed by atoms with Crippen molar-refractivity contribution in [1.82, 2.24) is 19.7 Å². The number of thiazole rings is 1. The summed E-state index contributed by atoms with van der Waals surface area (Å²) in [7, 11) is -0.144. The number of nitrogens with two attached hydrogens (primary N) is 1. The highest BCUT2D eigenvalue weighted by atomic mass is 35.5. The highest BCUT2D eigenvalue weighted by molar-refractivity contribution is 7.91. The molecular weight excluding hydrogens is 576 g/mol. The summed E-state index contributed by atoms with van der Waals surface area (Å²) in [6.07, 6.45) is -0.290. The molecule has 2 heterocycles. The Balaban J connectivity index is 1.47. The van der Waals surface area contributed by atoms with Crippen LogP contribution in [-0.4, -0.2) is 85.5 Å². The van der Waals surface area contributed by atoms with E-state index in [4.69, 9.17) is 17.3 Å². The van der Waals surface area contributed by atoms with Crippen LogP contribution < -0.4 is 15.9 Å². The van der Waals surface area contributed by atoms with Gasteiger partial charge in [0.15, 0.2) is 14.6 Å². The lowest BCUT2D eigenvalue weighted by atomic mass is 10.1. The number of primary amides is 1. The predicted octanol–water partition coefficient (Wildman–Crippen LogP) is 0.902. The molecule has 1 aliphatic rings. The first-order valence-corrected chi connectivity index (χ1v) is 15.5. The standard InChI is InChI=1S/C26H31ClN6O5S2/c1-29-26-31(2)20(16-39-26)14-32-8-9-33(22(15-32)25(36)30-13-23(28)34)24(35)7-10-40(37,38)21-6-4-17-11-19(27)5-3-18(17)12-21/h3-6,11-12,16,22H,7-10,13-15H2,1-2H3,(H2,28,34)(H,30,36)/b29-26-. The molecule has 1 aliphatic heterocycles. The first kappa shape index (κ1) is 29.7. The molecule has 0 saturated carbocycles. The van der Waals surface area contributed by atoms with Crippen LogP contribution in [0.4, 0.5) is 0 Å². The molecule has 1 aromatic heterocycles. The summed E-state index contributed by atoms with van der Waals surface area (Å²) in [5, 5.41) is 6.56. The molecule has 3 N–H and O–H groups in total. The van der Waals surface area contributed by atoms with E-state index in [1.165, 1.54) is 22.3 Å². The Morgan fingerprint density at radius 1 is 1.15 bits per heavy atom. The van der Waals surface area contributed by atoms with Crippen LogP contribution in [-0.2, 0) is 37.8 Å². The molecule has 1 fully saturated rings. The quantitative estimate of drug-likeness (QED) is 0.370. The Labute approximate surface area is 241 Å². The maximum atomic E-state index is 13.3. The van der Waals surface area contributed by atoms with E-state index in [0.717, 1.165) is 21.3 Å². The molecule has 40 heavy (non-hydrogen) atoms. The summed E-state index contributed by atoms with van der Waals surface area (Å²) in [6.45, 7) is 1.10. The SMILES string of the molecule is C/N=c1\scc(CN2CCN(C(=O)CCS(=O)(=O)c3ccc4cc(Cl)ccc4c3)C(C(=O)NCC(N)=O)C2)n1C. The lowest BCUT2D eigenvalue weighted by Gasteiger charge is -2.40. The molecule has 14 heteroatoms. The average Bonchev–Trinajstić information content (AvgIpc) is 3.28. The van der Waals surface area contributed by atoms with Gasteiger partial charge in [-0.1, -0.05) is 23.7 Å². The molecule has 0 bridgehead atoms. The molecule has 1 unspecified atom stereocenters. The Morgan fingerprint density at radius 2 is 1.88 bits per heavy atom. The number of rotatable bonds is 9. The van der Waals surface area contributed by atoms with Gasteiger partial charge in [0.05, 0.1) is 17.2 Å². The van der Waals surface area contributed by atoms with Crippen molar-refractivity contribution in [1.29, 1.82) is 0 Å². The number of piperazine rings is 1. The van der Waals surface area contributed by atoms with Gasteiger partial charge in [-0.2, -0.15) is 0 Å². The van der Waals surface area contributed by atoms with Crippen LogP contribution >= 0.6 is 22.9 Å². The van der Waals surface area contributed by atoms with E-state index in [9.17, 15) is 22.8 Å². The van der Waals surface area contributed by atoms with Gasteiger partial charge in [-0.3, -0.25) is 24.3 Å². The number of amides is 3. The summed E-state index contributed by atoms with van der Waals surface area (Å²) in [5.74, 6) is -2.09. The lowest BCUT2D eigenvalue weighted by Crippen LogP contribution is -2.61. The van der Waals surface area contributed by atoms with Crippen LogP contribution in [0.5, 0.6) is 0 Å². The number of carbonyl (C=O) groups is 3. The number of benzene rings is 2. The third-order valence-electron chi connectivity index (χ3n) is 6.84. The van der Waals surface area contributed by atoms with E-state index in [2.05, 4.69) is 10.3 Å². The Bertz CT molecular complexity index is 1620. The monoisotopic (exact) mass is 606 g/mol. The first-order valence-electron chi connectivity index (χ1n) is 12.5. The molecule has 3 amide bonds. The van der Waals surface area contributed by atoms with Gasteiger partial charge in [0.1, 0.15) is 6.04 Å². The van der Waals surface area contributed by atoms with E-state index in [0.29, 0.717) is 18.1 Å². The van der Waals surface area contributed by atoms with Crippen molar-refractivity contribution >= 4 is 61.3 Å². The molecule has 3 aromatic rings. The van der Waals surface area contributed by atoms with Crippen molar-refractivity contribution in [3.05, 3.63) is 57.3 Å². The fraction of sp³-hybridized carbons (Fsp3) is 0.385. The lowest BCUT2D eigenvalue weighted by molar-refractivity contribution is -0.144. The van der Waals surface area contributed by atoms with Gasteiger partial charge in [0.2, 0.25) is 17.7 Å². The van der Waals surface area contributed by atoms with Crippen molar-refractivity contribution in [2.45, 2.75) is 23.9 Å². The number of halogens is 1. The molecule has 0 radical (unpaired) electrons. The van der Waals surface area contributed by atoms with E-state index in [1.807, 2.05) is 21.9 Å². The number of aromatic nitrogens is 1. The maximum absolute atomic E-state index is 13.3. The third-order valence-corrected chi connectivity index (χ3v) is 9.84. The van der Waals surface area contributed by atoms with Crippen molar-refractivity contribution in [3.63, 3.8) is 0 Å². The predicted molar refractivity (Wildman–Crippen MR) is 153 cm³/mol. The molecular formula is C26H31ClN6O5S2. The zero-order valence-electron chi connectivity index (χ0n) is 22.2. The zero-order chi connectivity index (χ0) is 29.0. The summed E-state index contributed by atoms with van der Waals surface area (Å²) in [4.78, 5) is 46.2. The molecule has 0 aliphatic carbocycles. The summed E-state index contributed by atoms with van der Waals surface area (Å²) >= 11 is 7.53. The largest absolute Gasteiger partial charge is 0.368 e. The molecule has 214 valence electrons. The molecule has 1 saturated heterocycles. The van der Waals surface area contributed by atoms with Crippen LogP contribution in [0, 0.1) is 0 Å². The number of hydrogen-bond donors (Lipinski definition) is 2. The van der Waals surface area contributed by atoms with E-state index in [-0.39, 0.29) is 31.0 Å². The highest BCUT2D eigenvalue weighted by Gasteiger charge is 2.36. The van der Waals surface area contributed by atoms with Gasteiger partial charge in [-0.05, 0) is 35.0 Å². The number of sulfone groups is 1. The number of nitrogens with one attached hydrogen (secondary N) is 1. The number of hydrogen-bond acceptors (Lipinski definition) is 8. The first-order chi connectivity index (χ1) is 19.0. The Morgan fingerprint density at radius 3 is 2.58 bits per heavy atom.